The van der Waals surface area contributed by atoms with Crippen LogP contribution in [0.15, 0.2) is 24.3 Å². The zero-order chi connectivity index (χ0) is 17.4. The van der Waals surface area contributed by atoms with Crippen LogP contribution in [0, 0.1) is 0 Å². The smallest absolute Gasteiger partial charge is 0.251 e. The highest BCUT2D eigenvalue weighted by Gasteiger charge is 2.22. The van der Waals surface area contributed by atoms with Crippen LogP contribution in [0.25, 0.3) is 0 Å². The van der Waals surface area contributed by atoms with Gasteiger partial charge in [-0.1, -0.05) is 19.8 Å². The lowest BCUT2D eigenvalue weighted by atomic mass is 10.1. The maximum Gasteiger partial charge on any atom is 0.251 e. The molecule has 0 spiro atoms. The normalized spacial score (nSPS) is 16.4. The summed E-state index contributed by atoms with van der Waals surface area (Å²) in [6.07, 6.45) is 5.63. The predicted molar refractivity (Wildman–Crippen MR) is 97.2 cm³/mol. The monoisotopic (exact) mass is 331 g/mol. The topological polar surface area (TPSA) is 61.4 Å². The van der Waals surface area contributed by atoms with Crippen molar-refractivity contribution in [1.82, 2.24) is 10.2 Å². The van der Waals surface area contributed by atoms with Gasteiger partial charge in [0.25, 0.3) is 5.91 Å². The van der Waals surface area contributed by atoms with E-state index >= 15 is 0 Å². The molecule has 2 rings (SSSR count). The number of nitrogens with one attached hydrogen (secondary N) is 2. The van der Waals surface area contributed by atoms with Gasteiger partial charge in [-0.05, 0) is 63.5 Å². The molecular formula is C19H29N3O2. The number of hydrogen-bond donors (Lipinski definition) is 2. The van der Waals surface area contributed by atoms with Crippen LogP contribution in [0.1, 0.15) is 56.3 Å². The molecular weight excluding hydrogens is 302 g/mol. The van der Waals surface area contributed by atoms with Crippen LogP contribution in [0.2, 0.25) is 0 Å². The minimum absolute atomic E-state index is 0.0112. The van der Waals surface area contributed by atoms with Crippen LogP contribution in [0.3, 0.4) is 0 Å². The summed E-state index contributed by atoms with van der Waals surface area (Å²) < 4.78 is 0. The van der Waals surface area contributed by atoms with E-state index in [4.69, 9.17) is 0 Å². The third-order valence-corrected chi connectivity index (χ3v) is 4.55. The van der Waals surface area contributed by atoms with Crippen molar-refractivity contribution in [3.8, 4) is 0 Å². The van der Waals surface area contributed by atoms with Gasteiger partial charge in [0.05, 0.1) is 6.04 Å². The van der Waals surface area contributed by atoms with Gasteiger partial charge in [-0.3, -0.25) is 14.5 Å². The Morgan fingerprint density at radius 1 is 1.12 bits per heavy atom. The first-order chi connectivity index (χ1) is 11.6. The molecule has 0 bridgehead atoms. The van der Waals surface area contributed by atoms with Gasteiger partial charge in [-0.15, -0.1) is 0 Å². The van der Waals surface area contributed by atoms with Crippen LogP contribution in [-0.2, 0) is 4.79 Å². The summed E-state index contributed by atoms with van der Waals surface area (Å²) in [5.74, 6) is -0.0555. The quantitative estimate of drug-likeness (QED) is 0.755. The van der Waals surface area contributed by atoms with Crippen LogP contribution < -0.4 is 10.6 Å². The first kappa shape index (κ1) is 18.5. The Labute approximate surface area is 144 Å². The predicted octanol–water partition coefficient (Wildman–Crippen LogP) is 3.03. The van der Waals surface area contributed by atoms with E-state index in [2.05, 4.69) is 22.5 Å². The first-order valence-electron chi connectivity index (χ1n) is 9.05. The summed E-state index contributed by atoms with van der Waals surface area (Å²) in [6.45, 7) is 6.72. The zero-order valence-electron chi connectivity index (χ0n) is 14.8. The molecule has 1 aromatic carbocycles. The third kappa shape index (κ3) is 5.34. The van der Waals surface area contributed by atoms with Gasteiger partial charge in [0, 0.05) is 17.8 Å². The fraction of sp³-hybridized carbons (Fsp3) is 0.579. The Morgan fingerprint density at radius 2 is 1.79 bits per heavy atom. The second-order valence-corrected chi connectivity index (χ2v) is 6.45. The summed E-state index contributed by atoms with van der Waals surface area (Å²) >= 11 is 0. The molecule has 1 aromatic rings. The molecule has 5 heteroatoms. The van der Waals surface area contributed by atoms with Crippen molar-refractivity contribution in [3.63, 3.8) is 0 Å². The number of unbranched alkanes of at least 4 members (excludes halogenated alkanes) is 1. The Hall–Kier alpha value is -1.88. The number of likely N-dealkylation sites (tertiary alicyclic amines) is 1. The molecule has 0 aromatic heterocycles. The molecule has 0 radical (unpaired) electrons. The van der Waals surface area contributed by atoms with Crippen molar-refractivity contribution < 1.29 is 9.59 Å². The lowest BCUT2D eigenvalue weighted by Crippen LogP contribution is -2.44. The van der Waals surface area contributed by atoms with Crippen LogP contribution in [0.4, 0.5) is 5.69 Å². The molecule has 1 heterocycles. The van der Waals surface area contributed by atoms with E-state index in [1.165, 1.54) is 19.3 Å². The van der Waals surface area contributed by atoms with Crippen LogP contribution >= 0.6 is 0 Å². The van der Waals surface area contributed by atoms with Crippen molar-refractivity contribution in [1.29, 1.82) is 0 Å². The van der Waals surface area contributed by atoms with Crippen molar-refractivity contribution in [2.75, 3.05) is 25.0 Å². The van der Waals surface area contributed by atoms with Gasteiger partial charge in [0.2, 0.25) is 5.91 Å². The maximum absolute atomic E-state index is 12.4. The van der Waals surface area contributed by atoms with E-state index in [0.29, 0.717) is 12.1 Å². The molecule has 0 aliphatic carbocycles. The summed E-state index contributed by atoms with van der Waals surface area (Å²) in [4.78, 5) is 26.6. The molecule has 1 fully saturated rings. The fourth-order valence-electron chi connectivity index (χ4n) is 2.90. The van der Waals surface area contributed by atoms with E-state index < -0.39 is 0 Å². The van der Waals surface area contributed by atoms with Gasteiger partial charge in [0.1, 0.15) is 0 Å². The molecule has 132 valence electrons. The van der Waals surface area contributed by atoms with Crippen molar-refractivity contribution >= 4 is 17.5 Å². The Balaban J connectivity index is 1.86. The van der Waals surface area contributed by atoms with Gasteiger partial charge >= 0.3 is 0 Å². The molecule has 2 N–H and O–H groups in total. The number of rotatable bonds is 7. The van der Waals surface area contributed by atoms with Crippen LogP contribution in [0.5, 0.6) is 0 Å². The Morgan fingerprint density at radius 3 is 2.42 bits per heavy atom. The average Bonchev–Trinajstić information content (AvgIpc) is 2.62. The minimum Gasteiger partial charge on any atom is -0.352 e. The van der Waals surface area contributed by atoms with E-state index in [1.54, 1.807) is 24.3 Å². The van der Waals surface area contributed by atoms with Crippen LogP contribution in [-0.4, -0.2) is 42.4 Å². The first-order valence-corrected chi connectivity index (χ1v) is 9.05. The van der Waals surface area contributed by atoms with Gasteiger partial charge in [-0.2, -0.15) is 0 Å². The maximum atomic E-state index is 12.4. The molecule has 1 atom stereocenters. The standard InChI is InChI=1S/C19H29N3O2/c1-3-4-12-20-19(24)16-8-10-17(11-9-16)21-18(23)15(2)22-13-6-5-7-14-22/h8-11,15H,3-7,12-14H2,1-2H3,(H,20,24)(H,21,23). The van der Waals surface area contributed by atoms with Gasteiger partial charge < -0.3 is 10.6 Å². The summed E-state index contributed by atoms with van der Waals surface area (Å²) in [7, 11) is 0. The van der Waals surface area contributed by atoms with E-state index in [9.17, 15) is 9.59 Å². The van der Waals surface area contributed by atoms with Crippen molar-refractivity contribution in [2.24, 2.45) is 0 Å². The van der Waals surface area contributed by atoms with E-state index in [1.807, 2.05) is 6.92 Å². The molecule has 0 saturated carbocycles. The summed E-state index contributed by atoms with van der Waals surface area (Å²) in [5.41, 5.74) is 1.35. The molecule has 2 amide bonds. The SMILES string of the molecule is CCCCNC(=O)c1ccc(NC(=O)C(C)N2CCCCC2)cc1. The van der Waals surface area contributed by atoms with Crippen molar-refractivity contribution in [3.05, 3.63) is 29.8 Å². The van der Waals surface area contributed by atoms with E-state index in [0.717, 1.165) is 31.6 Å². The number of anilines is 1. The van der Waals surface area contributed by atoms with Gasteiger partial charge in [0.15, 0.2) is 0 Å². The fourth-order valence-corrected chi connectivity index (χ4v) is 2.90. The molecule has 1 aliphatic heterocycles. The molecule has 1 aliphatic rings. The van der Waals surface area contributed by atoms with Gasteiger partial charge in [-0.25, -0.2) is 0 Å². The highest BCUT2D eigenvalue weighted by atomic mass is 16.2. The highest BCUT2D eigenvalue weighted by molar-refractivity contribution is 5.97. The lowest BCUT2D eigenvalue weighted by molar-refractivity contribution is -0.121. The number of benzene rings is 1. The number of carbonyl (C=O) groups is 2. The minimum atomic E-state index is -0.123. The molecule has 1 unspecified atom stereocenters. The summed E-state index contributed by atoms with van der Waals surface area (Å²) in [5, 5.41) is 5.83. The lowest BCUT2D eigenvalue weighted by Gasteiger charge is -2.31. The number of amides is 2. The average molecular weight is 331 g/mol. The molecule has 24 heavy (non-hydrogen) atoms. The number of piperidine rings is 1. The highest BCUT2D eigenvalue weighted by Crippen LogP contribution is 2.15. The molecule has 1 saturated heterocycles. The van der Waals surface area contributed by atoms with Crippen molar-refractivity contribution in [2.45, 2.75) is 52.0 Å². The summed E-state index contributed by atoms with van der Waals surface area (Å²) in [6, 6.07) is 6.96. The number of hydrogen-bond acceptors (Lipinski definition) is 3. The number of carbonyl (C=O) groups excluding carboxylic acids is 2. The molecule has 5 nitrogen and oxygen atoms in total. The van der Waals surface area contributed by atoms with E-state index in [-0.39, 0.29) is 17.9 Å². The Kier molecular flexibility index (Phi) is 7.25. The second kappa shape index (κ2) is 9.42. The second-order valence-electron chi connectivity index (χ2n) is 6.45. The Bertz CT molecular complexity index is 536. The third-order valence-electron chi connectivity index (χ3n) is 4.55. The largest absolute Gasteiger partial charge is 0.352 e. The zero-order valence-corrected chi connectivity index (χ0v) is 14.8. The number of nitrogens with zero attached hydrogens (tertiary/aromatic N) is 1.